The molecule has 0 aliphatic heterocycles. The molecule has 0 spiro atoms. The average Bonchev–Trinajstić information content (AvgIpc) is 2.84. The van der Waals surface area contributed by atoms with Gasteiger partial charge in [-0.05, 0) is 11.6 Å². The monoisotopic (exact) mass is 278 g/mol. The first-order valence-electron chi connectivity index (χ1n) is 6.52. The molecule has 0 atom stereocenters. The van der Waals surface area contributed by atoms with E-state index in [-0.39, 0.29) is 0 Å². The topological polar surface area (TPSA) is 42.7 Å². The predicted octanol–water partition coefficient (Wildman–Crippen LogP) is 2.98. The van der Waals surface area contributed by atoms with Crippen molar-refractivity contribution in [2.75, 3.05) is 0 Å². The zero-order valence-electron chi connectivity index (χ0n) is 11.5. The van der Waals surface area contributed by atoms with Crippen molar-refractivity contribution < 1.29 is 0 Å². The molecule has 2 rings (SSSR count). The number of rotatable bonds is 5. The summed E-state index contributed by atoms with van der Waals surface area (Å²) in [6.45, 7) is 7.06. The molecule has 19 heavy (non-hydrogen) atoms. The maximum atomic E-state index is 6.33. The molecular formula is C14H19ClN4. The van der Waals surface area contributed by atoms with Crippen molar-refractivity contribution in [3.05, 3.63) is 41.1 Å². The van der Waals surface area contributed by atoms with Crippen molar-refractivity contribution in [2.45, 2.75) is 39.8 Å². The number of aromatic nitrogens is 3. The van der Waals surface area contributed by atoms with Gasteiger partial charge in [-0.15, -0.1) is 0 Å². The third-order valence-corrected chi connectivity index (χ3v) is 3.13. The van der Waals surface area contributed by atoms with Crippen LogP contribution in [0.3, 0.4) is 0 Å². The highest BCUT2D eigenvalue weighted by Gasteiger charge is 2.09. The van der Waals surface area contributed by atoms with Gasteiger partial charge in [-0.2, -0.15) is 0 Å². The lowest BCUT2D eigenvalue weighted by atomic mass is 10.2. The summed E-state index contributed by atoms with van der Waals surface area (Å²) < 4.78 is 1.93. The largest absolute Gasteiger partial charge is 0.310 e. The summed E-state index contributed by atoms with van der Waals surface area (Å²) >= 11 is 6.33. The van der Waals surface area contributed by atoms with Gasteiger partial charge in [0.05, 0.1) is 5.02 Å². The van der Waals surface area contributed by atoms with E-state index in [1.54, 1.807) is 6.20 Å². The van der Waals surface area contributed by atoms with E-state index < -0.39 is 0 Å². The second-order valence-electron chi connectivity index (χ2n) is 4.75. The van der Waals surface area contributed by atoms with Crippen LogP contribution in [0.5, 0.6) is 0 Å². The van der Waals surface area contributed by atoms with Crippen molar-refractivity contribution in [1.82, 2.24) is 19.9 Å². The van der Waals surface area contributed by atoms with Crippen LogP contribution in [0.4, 0.5) is 0 Å². The molecule has 0 amide bonds. The number of pyridine rings is 1. The molecule has 102 valence electrons. The minimum absolute atomic E-state index is 0.443. The lowest BCUT2D eigenvalue weighted by molar-refractivity contribution is 0.588. The van der Waals surface area contributed by atoms with E-state index >= 15 is 0 Å². The van der Waals surface area contributed by atoms with Crippen LogP contribution in [-0.2, 0) is 13.0 Å². The maximum Gasteiger partial charge on any atom is 0.156 e. The van der Waals surface area contributed by atoms with E-state index in [9.17, 15) is 0 Å². The molecule has 5 heteroatoms. The van der Waals surface area contributed by atoms with Crippen molar-refractivity contribution in [3.8, 4) is 5.82 Å². The summed E-state index contributed by atoms with van der Waals surface area (Å²) in [4.78, 5) is 8.74. The van der Waals surface area contributed by atoms with Crippen molar-refractivity contribution in [2.24, 2.45) is 0 Å². The Bertz CT molecular complexity index is 548. The highest BCUT2D eigenvalue weighted by Crippen LogP contribution is 2.20. The normalized spacial score (nSPS) is 11.2. The Morgan fingerprint density at radius 2 is 2.16 bits per heavy atom. The van der Waals surface area contributed by atoms with E-state index in [0.717, 1.165) is 30.2 Å². The molecule has 0 saturated carbocycles. The number of imidazole rings is 1. The molecule has 0 unspecified atom stereocenters. The lowest BCUT2D eigenvalue weighted by Gasteiger charge is -2.11. The Balaban J connectivity index is 2.24. The number of hydrogen-bond acceptors (Lipinski definition) is 3. The van der Waals surface area contributed by atoms with Crippen LogP contribution >= 0.6 is 11.6 Å². The standard InChI is InChI=1S/C14H19ClN4/c1-4-13-16-5-6-19(13)14-12(15)7-11(9-18-14)8-17-10(2)3/h5-7,9-10,17H,4,8H2,1-3H3. The maximum absolute atomic E-state index is 6.33. The smallest absolute Gasteiger partial charge is 0.156 e. The quantitative estimate of drug-likeness (QED) is 0.914. The summed E-state index contributed by atoms with van der Waals surface area (Å²) in [7, 11) is 0. The van der Waals surface area contributed by atoms with Gasteiger partial charge in [0.1, 0.15) is 5.82 Å². The SMILES string of the molecule is CCc1nccn1-c1ncc(CNC(C)C)cc1Cl. The average molecular weight is 279 g/mol. The Labute approximate surface area is 118 Å². The first-order chi connectivity index (χ1) is 9.11. The van der Waals surface area contributed by atoms with Gasteiger partial charge >= 0.3 is 0 Å². The fourth-order valence-corrected chi connectivity index (χ4v) is 2.13. The summed E-state index contributed by atoms with van der Waals surface area (Å²) in [6, 6.07) is 2.40. The molecule has 0 aromatic carbocycles. The fraction of sp³-hybridized carbons (Fsp3) is 0.429. The van der Waals surface area contributed by atoms with Crippen LogP contribution in [0.1, 0.15) is 32.2 Å². The van der Waals surface area contributed by atoms with Gasteiger partial charge in [-0.1, -0.05) is 32.4 Å². The molecule has 2 aromatic rings. The molecule has 1 N–H and O–H groups in total. The van der Waals surface area contributed by atoms with E-state index in [0.29, 0.717) is 11.1 Å². The van der Waals surface area contributed by atoms with Crippen LogP contribution in [0, 0.1) is 0 Å². The number of aryl methyl sites for hydroxylation is 1. The third kappa shape index (κ3) is 3.33. The number of halogens is 1. The van der Waals surface area contributed by atoms with E-state index in [2.05, 4.69) is 36.1 Å². The number of nitrogens with zero attached hydrogens (tertiary/aromatic N) is 3. The number of nitrogens with one attached hydrogen (secondary N) is 1. The van der Waals surface area contributed by atoms with Gasteiger partial charge in [0, 0.05) is 37.6 Å². The zero-order chi connectivity index (χ0) is 13.8. The predicted molar refractivity (Wildman–Crippen MR) is 77.7 cm³/mol. The molecule has 0 aliphatic rings. The van der Waals surface area contributed by atoms with Crippen LogP contribution in [0.2, 0.25) is 5.02 Å². The molecule has 0 fully saturated rings. The van der Waals surface area contributed by atoms with Crippen molar-refractivity contribution in [1.29, 1.82) is 0 Å². The number of hydrogen-bond donors (Lipinski definition) is 1. The Morgan fingerprint density at radius 3 is 2.79 bits per heavy atom. The summed E-state index contributed by atoms with van der Waals surface area (Å²) in [6.07, 6.45) is 6.36. The van der Waals surface area contributed by atoms with E-state index in [1.807, 2.05) is 23.0 Å². The van der Waals surface area contributed by atoms with Gasteiger partial charge < -0.3 is 5.32 Å². The van der Waals surface area contributed by atoms with Crippen molar-refractivity contribution in [3.63, 3.8) is 0 Å². The first-order valence-corrected chi connectivity index (χ1v) is 6.90. The van der Waals surface area contributed by atoms with Crippen molar-refractivity contribution >= 4 is 11.6 Å². The second-order valence-corrected chi connectivity index (χ2v) is 5.16. The Hall–Kier alpha value is -1.39. The molecule has 0 saturated heterocycles. The fourth-order valence-electron chi connectivity index (χ4n) is 1.85. The highest BCUT2D eigenvalue weighted by atomic mass is 35.5. The molecule has 0 radical (unpaired) electrons. The van der Waals surface area contributed by atoms with E-state index in [4.69, 9.17) is 11.6 Å². The molecule has 2 heterocycles. The summed E-state index contributed by atoms with van der Waals surface area (Å²) in [5, 5.41) is 4.00. The highest BCUT2D eigenvalue weighted by molar-refractivity contribution is 6.32. The molecule has 4 nitrogen and oxygen atoms in total. The Morgan fingerprint density at radius 1 is 1.37 bits per heavy atom. The molecule has 2 aromatic heterocycles. The zero-order valence-corrected chi connectivity index (χ0v) is 12.3. The summed E-state index contributed by atoms with van der Waals surface area (Å²) in [5.74, 6) is 1.70. The second kappa shape index (κ2) is 6.17. The van der Waals surface area contributed by atoms with Crippen LogP contribution < -0.4 is 5.32 Å². The molecule has 0 aliphatic carbocycles. The first kappa shape index (κ1) is 14.0. The van der Waals surface area contributed by atoms with E-state index in [1.165, 1.54) is 0 Å². The van der Waals surface area contributed by atoms with Gasteiger partial charge in [0.25, 0.3) is 0 Å². The van der Waals surface area contributed by atoms with Crippen LogP contribution in [0.15, 0.2) is 24.7 Å². The van der Waals surface area contributed by atoms with Gasteiger partial charge in [-0.3, -0.25) is 4.57 Å². The Kier molecular flexibility index (Phi) is 4.56. The van der Waals surface area contributed by atoms with Crippen LogP contribution in [-0.4, -0.2) is 20.6 Å². The third-order valence-electron chi connectivity index (χ3n) is 2.85. The summed E-state index contributed by atoms with van der Waals surface area (Å²) in [5.41, 5.74) is 1.08. The van der Waals surface area contributed by atoms with Gasteiger partial charge in [-0.25, -0.2) is 9.97 Å². The molecule has 0 bridgehead atoms. The van der Waals surface area contributed by atoms with Gasteiger partial charge in [0.2, 0.25) is 0 Å². The minimum atomic E-state index is 0.443. The molecular weight excluding hydrogens is 260 g/mol. The van der Waals surface area contributed by atoms with Crippen LogP contribution in [0.25, 0.3) is 5.82 Å². The van der Waals surface area contributed by atoms with Gasteiger partial charge in [0.15, 0.2) is 5.82 Å². The lowest BCUT2D eigenvalue weighted by Crippen LogP contribution is -2.22. The minimum Gasteiger partial charge on any atom is -0.310 e.